The molecule has 7 heteroatoms. The Morgan fingerprint density at radius 3 is 2.82 bits per heavy atom. The summed E-state index contributed by atoms with van der Waals surface area (Å²) in [6.45, 7) is 3.33. The quantitative estimate of drug-likeness (QED) is 0.757. The molecule has 17 heavy (non-hydrogen) atoms. The lowest BCUT2D eigenvalue weighted by molar-refractivity contribution is -0.114. The second-order valence-electron chi connectivity index (χ2n) is 3.53. The lowest BCUT2D eigenvalue weighted by Crippen LogP contribution is -2.32. The van der Waals surface area contributed by atoms with E-state index < -0.39 is 11.5 Å². The van der Waals surface area contributed by atoms with E-state index in [1.54, 1.807) is 19.3 Å². The number of carbonyl (C=O) groups excluding carboxylic acids is 1. The maximum atomic E-state index is 11.7. The summed E-state index contributed by atoms with van der Waals surface area (Å²) >= 11 is -0.0853. The molecule has 0 fully saturated rings. The number of nitrogens with zero attached hydrogens (tertiary/aromatic N) is 3. The Morgan fingerprint density at radius 1 is 1.59 bits per heavy atom. The van der Waals surface area contributed by atoms with Crippen LogP contribution in [0, 0.1) is 6.92 Å². The van der Waals surface area contributed by atoms with Crippen molar-refractivity contribution >= 4 is 34.4 Å². The van der Waals surface area contributed by atoms with Gasteiger partial charge in [0, 0.05) is 19.2 Å². The van der Waals surface area contributed by atoms with E-state index in [2.05, 4.69) is 9.38 Å². The van der Waals surface area contributed by atoms with Crippen molar-refractivity contribution in [3.8, 4) is 0 Å². The second-order valence-corrected chi connectivity index (χ2v) is 5.96. The third-order valence-corrected chi connectivity index (χ3v) is 4.21. The highest BCUT2D eigenvalue weighted by molar-refractivity contribution is 7.88. The number of aryl methyl sites for hydroxylation is 1. The Labute approximate surface area is 106 Å². The lowest BCUT2D eigenvalue weighted by Gasteiger charge is -2.21. The summed E-state index contributed by atoms with van der Waals surface area (Å²) in [5.74, 6) is -0.130. The number of Topliss-reactive ketones (excluding diaryl/α,β-unsaturated/α-hetero) is 1. The monoisotopic (exact) mass is 269 g/mol. The average molecular weight is 269 g/mol. The van der Waals surface area contributed by atoms with Gasteiger partial charge >= 0.3 is 0 Å². The summed E-state index contributed by atoms with van der Waals surface area (Å²) in [6, 6.07) is 0. The van der Waals surface area contributed by atoms with Crippen LogP contribution in [0.25, 0.3) is 0 Å². The average Bonchev–Trinajstić information content (AvgIpc) is 2.68. The third kappa shape index (κ3) is 2.41. The summed E-state index contributed by atoms with van der Waals surface area (Å²) in [7, 11) is 1.58. The van der Waals surface area contributed by atoms with Crippen molar-refractivity contribution in [2.45, 2.75) is 13.8 Å². The molecule has 0 bridgehead atoms. The van der Waals surface area contributed by atoms with Gasteiger partial charge in [-0.05, 0) is 11.3 Å². The van der Waals surface area contributed by atoms with Gasteiger partial charge in [-0.3, -0.25) is 4.79 Å². The zero-order valence-corrected chi connectivity index (χ0v) is 11.3. The van der Waals surface area contributed by atoms with Crippen molar-refractivity contribution in [2.24, 2.45) is 4.40 Å². The van der Waals surface area contributed by atoms with Gasteiger partial charge in [0.15, 0.2) is 5.78 Å². The van der Waals surface area contributed by atoms with Gasteiger partial charge in [-0.25, -0.2) is 4.98 Å². The molecular weight excluding hydrogens is 258 g/mol. The van der Waals surface area contributed by atoms with Gasteiger partial charge in [0.25, 0.3) is 0 Å². The molecule has 1 aliphatic heterocycles. The molecule has 0 N–H and O–H groups in total. The highest BCUT2D eigenvalue weighted by Crippen LogP contribution is 2.22. The fourth-order valence-corrected chi connectivity index (χ4v) is 2.98. The maximum absolute atomic E-state index is 11.7. The van der Waals surface area contributed by atoms with Crippen LogP contribution in [0.1, 0.15) is 16.8 Å². The van der Waals surface area contributed by atoms with Gasteiger partial charge in [0.05, 0.1) is 16.9 Å². The summed E-state index contributed by atoms with van der Waals surface area (Å²) in [6.07, 6.45) is 3.33. The van der Waals surface area contributed by atoms with E-state index in [-0.39, 0.29) is 5.78 Å². The van der Waals surface area contributed by atoms with E-state index in [9.17, 15) is 9.35 Å². The lowest BCUT2D eigenvalue weighted by atomic mass is 10.2. The summed E-state index contributed by atoms with van der Waals surface area (Å²) < 4.78 is 17.1. The van der Waals surface area contributed by atoms with Gasteiger partial charge in [0.1, 0.15) is 11.4 Å². The molecule has 90 valence electrons. The zero-order valence-electron chi connectivity index (χ0n) is 9.63. The minimum absolute atomic E-state index is 0.130. The van der Waals surface area contributed by atoms with Gasteiger partial charge < -0.3 is 4.55 Å². The van der Waals surface area contributed by atoms with Crippen LogP contribution in [-0.2, 0) is 16.3 Å². The van der Waals surface area contributed by atoms with Crippen LogP contribution >= 0.6 is 11.3 Å². The van der Waals surface area contributed by atoms with Gasteiger partial charge in [-0.15, -0.1) is 11.3 Å². The Kier molecular flexibility index (Phi) is 3.32. The standard InChI is InChI=1S/C10H11N3O2S2/c1-6(14)9-4-8(12-17(15)13(9)3)10-5-11-7(2)16-10/h4-5H,1-3H3. The summed E-state index contributed by atoms with van der Waals surface area (Å²) in [5, 5.41) is 0.908. The first kappa shape index (κ1) is 12.3. The van der Waals surface area contributed by atoms with E-state index in [0.29, 0.717) is 11.4 Å². The number of likely N-dealkylation sites (N-methyl/N-ethyl adjacent to an activating group) is 1. The molecular formula is C10H11N3O2S2. The number of hydrogen-bond acceptors (Lipinski definition) is 6. The van der Waals surface area contributed by atoms with Crippen LogP contribution in [0.2, 0.25) is 0 Å². The second kappa shape index (κ2) is 4.59. The van der Waals surface area contributed by atoms with Crippen LogP contribution in [0.3, 0.4) is 0 Å². The largest absolute Gasteiger partial charge is 0.566 e. The van der Waals surface area contributed by atoms with Crippen LogP contribution in [0.15, 0.2) is 22.4 Å². The van der Waals surface area contributed by atoms with E-state index in [0.717, 1.165) is 9.88 Å². The predicted octanol–water partition coefficient (Wildman–Crippen LogP) is 1.24. The predicted molar refractivity (Wildman–Crippen MR) is 68.1 cm³/mol. The highest BCUT2D eigenvalue weighted by Gasteiger charge is 2.28. The molecule has 0 aliphatic carbocycles. The molecule has 1 unspecified atom stereocenters. The molecule has 0 spiro atoms. The molecule has 2 heterocycles. The number of ketones is 1. The fourth-order valence-electron chi connectivity index (χ4n) is 1.40. The number of aromatic nitrogens is 1. The Hall–Kier alpha value is -1.18. The molecule has 1 aliphatic rings. The number of rotatable bonds is 2. The first-order chi connectivity index (χ1) is 7.99. The van der Waals surface area contributed by atoms with E-state index >= 15 is 0 Å². The first-order valence-electron chi connectivity index (χ1n) is 4.89. The molecule has 2 rings (SSSR count). The van der Waals surface area contributed by atoms with Crippen LogP contribution in [-0.4, -0.2) is 32.4 Å². The zero-order chi connectivity index (χ0) is 12.6. The van der Waals surface area contributed by atoms with Crippen LogP contribution < -0.4 is 0 Å². The normalized spacial score (nSPS) is 20.0. The number of hydrogen-bond donors (Lipinski definition) is 0. The molecule has 0 saturated heterocycles. The van der Waals surface area contributed by atoms with Crippen molar-refractivity contribution in [1.29, 1.82) is 0 Å². The molecule has 1 aromatic rings. The maximum Gasteiger partial charge on any atom is 0.222 e. The van der Waals surface area contributed by atoms with Crippen molar-refractivity contribution in [2.75, 3.05) is 7.05 Å². The smallest absolute Gasteiger partial charge is 0.222 e. The third-order valence-electron chi connectivity index (χ3n) is 2.26. The van der Waals surface area contributed by atoms with Gasteiger partial charge in [-0.2, -0.15) is 4.31 Å². The van der Waals surface area contributed by atoms with Crippen molar-refractivity contribution in [3.05, 3.63) is 27.9 Å². The van der Waals surface area contributed by atoms with E-state index in [4.69, 9.17) is 0 Å². The molecule has 0 saturated carbocycles. The van der Waals surface area contributed by atoms with Gasteiger partial charge in [-0.1, -0.05) is 0 Å². The summed E-state index contributed by atoms with van der Waals surface area (Å²) in [4.78, 5) is 16.4. The number of carbonyl (C=O) groups is 1. The number of allylic oxidation sites excluding steroid dienone is 2. The SMILES string of the molecule is CC(=O)C1=CC(c2cnc(C)s2)=N[S+]([O-])N1C. The van der Waals surface area contributed by atoms with Crippen LogP contribution in [0.4, 0.5) is 0 Å². The minimum Gasteiger partial charge on any atom is -0.566 e. The minimum atomic E-state index is -1.55. The topological polar surface area (TPSA) is 68.6 Å². The fraction of sp³-hybridized carbons (Fsp3) is 0.300. The Morgan fingerprint density at radius 2 is 2.29 bits per heavy atom. The molecule has 0 amide bonds. The van der Waals surface area contributed by atoms with E-state index in [1.165, 1.54) is 22.6 Å². The Bertz CT molecular complexity index is 521. The Balaban J connectivity index is 2.42. The van der Waals surface area contributed by atoms with Crippen LogP contribution in [0.5, 0.6) is 0 Å². The molecule has 0 radical (unpaired) electrons. The molecule has 0 aromatic carbocycles. The molecule has 1 atom stereocenters. The number of thiazole rings is 1. The molecule has 5 nitrogen and oxygen atoms in total. The highest BCUT2D eigenvalue weighted by atomic mass is 32.2. The van der Waals surface area contributed by atoms with Gasteiger partial charge in [0.2, 0.25) is 11.5 Å². The van der Waals surface area contributed by atoms with Crippen molar-refractivity contribution in [3.63, 3.8) is 0 Å². The van der Waals surface area contributed by atoms with Crippen molar-refractivity contribution < 1.29 is 9.35 Å². The van der Waals surface area contributed by atoms with E-state index in [1.807, 2.05) is 6.92 Å². The van der Waals surface area contributed by atoms with Crippen molar-refractivity contribution in [1.82, 2.24) is 9.29 Å². The first-order valence-corrected chi connectivity index (χ1v) is 6.77. The molecule has 1 aromatic heterocycles. The summed E-state index contributed by atoms with van der Waals surface area (Å²) in [5.41, 5.74) is 0.955.